The van der Waals surface area contributed by atoms with E-state index in [0.29, 0.717) is 12.5 Å². The number of hydrogen-bond donors (Lipinski definition) is 1. The van der Waals surface area contributed by atoms with Crippen LogP contribution in [0, 0.1) is 5.41 Å². The first-order chi connectivity index (χ1) is 5.43. The maximum atomic E-state index is 6.67. The standard InChI is InChI=1S/C7H8N4/c8-5-3-1-2-4-7-9-6-10-11-7/h1-5,8H,6H2/b3-1-,4-2+,8-5?. The first kappa shape index (κ1) is 7.53. The highest BCUT2D eigenvalue weighted by Gasteiger charge is 1.93. The van der Waals surface area contributed by atoms with Crippen LogP contribution in [0.2, 0.25) is 0 Å². The summed E-state index contributed by atoms with van der Waals surface area (Å²) in [5, 5.41) is 14.1. The molecule has 0 saturated carbocycles. The zero-order valence-electron chi connectivity index (χ0n) is 5.94. The third kappa shape index (κ3) is 2.66. The number of azo groups is 1. The van der Waals surface area contributed by atoms with Gasteiger partial charge in [-0.1, -0.05) is 12.2 Å². The number of nitrogens with one attached hydrogen (secondary N) is 1. The molecule has 0 unspecified atom stereocenters. The number of allylic oxidation sites excluding steroid dienone is 3. The first-order valence-electron chi connectivity index (χ1n) is 3.19. The minimum absolute atomic E-state index is 0.438. The Morgan fingerprint density at radius 1 is 1.27 bits per heavy atom. The smallest absolute Gasteiger partial charge is 0.171 e. The van der Waals surface area contributed by atoms with Gasteiger partial charge in [-0.05, 0) is 12.2 Å². The van der Waals surface area contributed by atoms with E-state index in [1.165, 1.54) is 6.21 Å². The van der Waals surface area contributed by atoms with E-state index < -0.39 is 0 Å². The highest BCUT2D eigenvalue weighted by molar-refractivity contribution is 5.94. The highest BCUT2D eigenvalue weighted by atomic mass is 15.2. The Morgan fingerprint density at radius 2 is 2.18 bits per heavy atom. The van der Waals surface area contributed by atoms with E-state index in [1.807, 2.05) is 0 Å². The SMILES string of the molecule is N=C/C=C\C=C\C1=NCN=N1. The second-order valence-electron chi connectivity index (χ2n) is 1.81. The molecule has 1 aliphatic rings. The maximum Gasteiger partial charge on any atom is 0.171 e. The fraction of sp³-hybridized carbons (Fsp3) is 0.143. The Morgan fingerprint density at radius 3 is 2.82 bits per heavy atom. The average Bonchev–Trinajstić information content (AvgIpc) is 2.50. The van der Waals surface area contributed by atoms with Crippen molar-refractivity contribution < 1.29 is 0 Å². The summed E-state index contributed by atoms with van der Waals surface area (Å²) < 4.78 is 0. The van der Waals surface area contributed by atoms with Crippen LogP contribution in [0.3, 0.4) is 0 Å². The molecule has 0 aliphatic carbocycles. The fourth-order valence-corrected chi connectivity index (χ4v) is 0.587. The lowest BCUT2D eigenvalue weighted by Gasteiger charge is -1.77. The Balaban J connectivity index is 2.40. The minimum Gasteiger partial charge on any atom is -0.309 e. The third-order valence-electron chi connectivity index (χ3n) is 1.03. The molecule has 0 bridgehead atoms. The molecule has 0 aromatic rings. The van der Waals surface area contributed by atoms with E-state index in [-0.39, 0.29) is 0 Å². The van der Waals surface area contributed by atoms with Gasteiger partial charge in [0.2, 0.25) is 0 Å². The van der Waals surface area contributed by atoms with Gasteiger partial charge in [-0.2, -0.15) is 5.11 Å². The molecule has 56 valence electrons. The molecule has 0 aromatic carbocycles. The Hall–Kier alpha value is -1.58. The van der Waals surface area contributed by atoms with Gasteiger partial charge in [-0.25, -0.2) is 4.99 Å². The van der Waals surface area contributed by atoms with Crippen molar-refractivity contribution in [3.8, 4) is 0 Å². The van der Waals surface area contributed by atoms with Gasteiger partial charge in [0.25, 0.3) is 0 Å². The van der Waals surface area contributed by atoms with Gasteiger partial charge >= 0.3 is 0 Å². The second-order valence-corrected chi connectivity index (χ2v) is 1.81. The molecule has 4 heteroatoms. The van der Waals surface area contributed by atoms with E-state index in [1.54, 1.807) is 24.3 Å². The molecule has 11 heavy (non-hydrogen) atoms. The van der Waals surface area contributed by atoms with Crippen LogP contribution < -0.4 is 0 Å². The molecule has 0 fully saturated rings. The molecule has 1 N–H and O–H groups in total. The van der Waals surface area contributed by atoms with Crippen LogP contribution in [0.1, 0.15) is 0 Å². The van der Waals surface area contributed by atoms with Gasteiger partial charge in [-0.3, -0.25) is 0 Å². The summed E-state index contributed by atoms with van der Waals surface area (Å²) in [5.74, 6) is 0.639. The molecule has 0 atom stereocenters. The third-order valence-corrected chi connectivity index (χ3v) is 1.03. The quantitative estimate of drug-likeness (QED) is 0.466. The average molecular weight is 148 g/mol. The molecule has 0 spiro atoms. The van der Waals surface area contributed by atoms with Crippen molar-refractivity contribution in [1.29, 1.82) is 5.41 Å². The van der Waals surface area contributed by atoms with Crippen LogP contribution in [0.25, 0.3) is 0 Å². The summed E-state index contributed by atoms with van der Waals surface area (Å²) >= 11 is 0. The lowest BCUT2D eigenvalue weighted by atomic mass is 10.4. The molecule has 0 amide bonds. The van der Waals surface area contributed by atoms with Gasteiger partial charge < -0.3 is 5.41 Å². The van der Waals surface area contributed by atoms with E-state index in [0.717, 1.165) is 0 Å². The van der Waals surface area contributed by atoms with Crippen molar-refractivity contribution in [1.82, 2.24) is 0 Å². The van der Waals surface area contributed by atoms with Crippen molar-refractivity contribution in [2.45, 2.75) is 0 Å². The molecule has 1 heterocycles. The number of amidine groups is 1. The monoisotopic (exact) mass is 148 g/mol. The molecule has 0 aromatic heterocycles. The summed E-state index contributed by atoms with van der Waals surface area (Å²) in [7, 11) is 0. The fourth-order valence-electron chi connectivity index (χ4n) is 0.587. The molecular weight excluding hydrogens is 140 g/mol. The topological polar surface area (TPSA) is 60.9 Å². The van der Waals surface area contributed by atoms with Crippen LogP contribution >= 0.6 is 0 Å². The first-order valence-corrected chi connectivity index (χ1v) is 3.19. The van der Waals surface area contributed by atoms with Crippen molar-refractivity contribution in [2.75, 3.05) is 6.67 Å². The number of hydrogen-bond acceptors (Lipinski definition) is 4. The zero-order chi connectivity index (χ0) is 7.94. The van der Waals surface area contributed by atoms with Crippen LogP contribution in [0.5, 0.6) is 0 Å². The molecule has 1 aliphatic heterocycles. The summed E-state index contributed by atoms with van der Waals surface area (Å²) in [5.41, 5.74) is 0. The molecule has 0 saturated heterocycles. The zero-order valence-corrected chi connectivity index (χ0v) is 5.94. The molecule has 4 nitrogen and oxygen atoms in total. The van der Waals surface area contributed by atoms with E-state index in [2.05, 4.69) is 15.2 Å². The summed E-state index contributed by atoms with van der Waals surface area (Å²) in [6.45, 7) is 0.438. The highest BCUT2D eigenvalue weighted by Crippen LogP contribution is 1.95. The Kier molecular flexibility index (Phi) is 2.92. The van der Waals surface area contributed by atoms with Gasteiger partial charge in [0.05, 0.1) is 0 Å². The van der Waals surface area contributed by atoms with Gasteiger partial charge in [-0.15, -0.1) is 5.11 Å². The Bertz CT molecular complexity index is 247. The summed E-state index contributed by atoms with van der Waals surface area (Å²) in [6.07, 6.45) is 8.08. The predicted molar refractivity (Wildman–Crippen MR) is 44.2 cm³/mol. The second kappa shape index (κ2) is 4.27. The van der Waals surface area contributed by atoms with Crippen LogP contribution in [0.15, 0.2) is 39.5 Å². The molecule has 1 rings (SSSR count). The summed E-state index contributed by atoms with van der Waals surface area (Å²) in [4.78, 5) is 3.94. The van der Waals surface area contributed by atoms with Crippen molar-refractivity contribution in [3.63, 3.8) is 0 Å². The number of aliphatic imine (C=N–C) groups is 1. The van der Waals surface area contributed by atoms with Gasteiger partial charge in [0.15, 0.2) is 12.5 Å². The predicted octanol–water partition coefficient (Wildman–Crippen LogP) is 1.57. The van der Waals surface area contributed by atoms with E-state index in [9.17, 15) is 0 Å². The largest absolute Gasteiger partial charge is 0.309 e. The van der Waals surface area contributed by atoms with Crippen LogP contribution in [-0.2, 0) is 0 Å². The molecular formula is C7H8N4. The van der Waals surface area contributed by atoms with Crippen molar-refractivity contribution in [2.24, 2.45) is 15.2 Å². The number of nitrogens with zero attached hydrogens (tertiary/aromatic N) is 3. The van der Waals surface area contributed by atoms with E-state index >= 15 is 0 Å². The molecule has 0 radical (unpaired) electrons. The minimum atomic E-state index is 0.438. The van der Waals surface area contributed by atoms with Crippen LogP contribution in [-0.4, -0.2) is 18.7 Å². The van der Waals surface area contributed by atoms with Gasteiger partial charge in [0, 0.05) is 6.21 Å². The maximum absolute atomic E-state index is 6.67. The van der Waals surface area contributed by atoms with Crippen molar-refractivity contribution >= 4 is 12.1 Å². The van der Waals surface area contributed by atoms with Crippen LogP contribution in [0.4, 0.5) is 0 Å². The lowest BCUT2D eigenvalue weighted by molar-refractivity contribution is 1.05. The van der Waals surface area contributed by atoms with Crippen molar-refractivity contribution in [3.05, 3.63) is 24.3 Å². The number of rotatable bonds is 3. The normalized spacial score (nSPS) is 16.5. The summed E-state index contributed by atoms with van der Waals surface area (Å²) in [6, 6.07) is 0. The Labute approximate surface area is 64.6 Å². The van der Waals surface area contributed by atoms with Gasteiger partial charge in [0.1, 0.15) is 0 Å². The van der Waals surface area contributed by atoms with E-state index in [4.69, 9.17) is 5.41 Å². The lowest BCUT2D eigenvalue weighted by Crippen LogP contribution is -1.79.